The predicted molar refractivity (Wildman–Crippen MR) is 107 cm³/mol. The number of alkyl halides is 2. The lowest BCUT2D eigenvalue weighted by Crippen LogP contribution is -2.36. The van der Waals surface area contributed by atoms with Crippen LogP contribution in [-0.4, -0.2) is 51.6 Å². The van der Waals surface area contributed by atoms with E-state index >= 15 is 0 Å². The van der Waals surface area contributed by atoms with Gasteiger partial charge in [-0.25, -0.2) is 4.79 Å². The Morgan fingerprint density at radius 3 is 2.83 bits per heavy atom. The summed E-state index contributed by atoms with van der Waals surface area (Å²) in [5.41, 5.74) is 0. The summed E-state index contributed by atoms with van der Waals surface area (Å²) in [7, 11) is 0. The van der Waals surface area contributed by atoms with E-state index in [-0.39, 0.29) is 17.3 Å². The van der Waals surface area contributed by atoms with Gasteiger partial charge in [-0.1, -0.05) is 19.1 Å². The largest absolute Gasteiger partial charge is 0.477 e. The van der Waals surface area contributed by atoms with Crippen LogP contribution in [0.3, 0.4) is 0 Å². The van der Waals surface area contributed by atoms with E-state index in [1.54, 1.807) is 13.0 Å². The first-order chi connectivity index (χ1) is 13.7. The minimum atomic E-state index is -3.42. The van der Waals surface area contributed by atoms with E-state index in [0.29, 0.717) is 19.3 Å². The van der Waals surface area contributed by atoms with Crippen molar-refractivity contribution < 1.29 is 28.6 Å². The molecule has 1 aliphatic heterocycles. The fourth-order valence-corrected chi connectivity index (χ4v) is 4.01. The third-order valence-corrected chi connectivity index (χ3v) is 5.98. The molecule has 3 atom stereocenters. The number of hydrogen-bond acceptors (Lipinski definition) is 4. The summed E-state index contributed by atoms with van der Waals surface area (Å²) >= 11 is 1.14. The molecule has 2 heterocycles. The topological polar surface area (TPSA) is 77.8 Å². The maximum absolute atomic E-state index is 14.0. The molecule has 0 radical (unpaired) electrons. The molecular weight excluding hydrogens is 400 g/mol. The van der Waals surface area contributed by atoms with Gasteiger partial charge in [0.2, 0.25) is 0 Å². The molecule has 0 aliphatic carbocycles. The number of carbonyl (C=O) groups excluding carboxylic acids is 1. The van der Waals surface area contributed by atoms with Crippen molar-refractivity contribution in [3.8, 4) is 11.8 Å². The molecule has 0 saturated carbocycles. The van der Waals surface area contributed by atoms with Crippen LogP contribution in [0.1, 0.15) is 47.7 Å². The van der Waals surface area contributed by atoms with Gasteiger partial charge in [0.25, 0.3) is 5.91 Å². The number of nitrogens with zero attached hydrogens (tertiary/aromatic N) is 1. The van der Waals surface area contributed by atoms with E-state index in [1.807, 2.05) is 6.92 Å². The molecule has 0 spiro atoms. The first-order valence-electron chi connectivity index (χ1n) is 9.42. The molecule has 5 nitrogen and oxygen atoms in total. The van der Waals surface area contributed by atoms with E-state index in [9.17, 15) is 23.5 Å². The summed E-state index contributed by atoms with van der Waals surface area (Å²) in [6.45, 7) is 3.66. The summed E-state index contributed by atoms with van der Waals surface area (Å²) in [4.78, 5) is 25.2. The number of halogens is 2. The molecule has 1 aliphatic rings. The van der Waals surface area contributed by atoms with Gasteiger partial charge in [-0.3, -0.25) is 4.79 Å². The molecule has 0 aromatic carbocycles. The number of amides is 1. The number of carbonyl (C=O) groups is 2. The molecule has 1 saturated heterocycles. The molecule has 1 amide bonds. The first kappa shape index (κ1) is 23.0. The molecule has 0 bridgehead atoms. The van der Waals surface area contributed by atoms with E-state index in [1.165, 1.54) is 18.2 Å². The highest BCUT2D eigenvalue weighted by atomic mass is 32.1. The van der Waals surface area contributed by atoms with E-state index in [2.05, 4.69) is 11.8 Å². The molecule has 2 rings (SSSR count). The van der Waals surface area contributed by atoms with Crippen molar-refractivity contribution in [3.05, 3.63) is 34.0 Å². The van der Waals surface area contributed by atoms with Crippen molar-refractivity contribution in [2.24, 2.45) is 5.92 Å². The summed E-state index contributed by atoms with van der Waals surface area (Å²) in [6, 6.07) is 2.42. The highest BCUT2D eigenvalue weighted by molar-refractivity contribution is 7.13. The number of thiophene rings is 1. The van der Waals surface area contributed by atoms with Crippen molar-refractivity contribution in [1.82, 2.24) is 4.90 Å². The maximum atomic E-state index is 14.0. The van der Waals surface area contributed by atoms with Crippen LogP contribution in [0.4, 0.5) is 8.78 Å². The Morgan fingerprint density at radius 2 is 2.21 bits per heavy atom. The number of hydrogen-bond donors (Lipinski definition) is 2. The number of aliphatic hydroxyl groups excluding tert-OH is 1. The summed E-state index contributed by atoms with van der Waals surface area (Å²) in [6.07, 6.45) is 2.93. The van der Waals surface area contributed by atoms with Crippen molar-refractivity contribution in [2.45, 2.75) is 57.6 Å². The number of carboxylic acids is 1. The first-order valence-corrected chi connectivity index (χ1v) is 10.2. The SMILES string of the molecule is CC#CCC(C)C(O)C=CC1CC(F)(F)C(=O)N1CCCc1ccc(C(=O)O)s1. The van der Waals surface area contributed by atoms with Crippen LogP contribution in [0, 0.1) is 17.8 Å². The molecule has 2 N–H and O–H groups in total. The molecular formula is C21H25F2NO4S. The van der Waals surface area contributed by atoms with Crippen LogP contribution in [-0.2, 0) is 11.2 Å². The third-order valence-electron chi connectivity index (χ3n) is 4.85. The van der Waals surface area contributed by atoms with Crippen LogP contribution < -0.4 is 0 Å². The smallest absolute Gasteiger partial charge is 0.345 e. The lowest BCUT2D eigenvalue weighted by molar-refractivity contribution is -0.148. The number of rotatable bonds is 9. The second kappa shape index (κ2) is 9.99. The van der Waals surface area contributed by atoms with Crippen LogP contribution in [0.15, 0.2) is 24.3 Å². The van der Waals surface area contributed by atoms with Gasteiger partial charge in [0.15, 0.2) is 0 Å². The monoisotopic (exact) mass is 425 g/mol. The zero-order chi connectivity index (χ0) is 21.6. The number of aromatic carboxylic acids is 1. The van der Waals surface area contributed by atoms with Gasteiger partial charge in [0.05, 0.1) is 12.1 Å². The Bertz CT molecular complexity index is 824. The molecule has 1 fully saturated rings. The lowest BCUT2D eigenvalue weighted by Gasteiger charge is -2.22. The van der Waals surface area contributed by atoms with Gasteiger partial charge in [-0.2, -0.15) is 8.78 Å². The number of carboxylic acid groups (broad SMARTS) is 1. The number of aliphatic hydroxyl groups is 1. The molecule has 1 aromatic heterocycles. The van der Waals surface area contributed by atoms with Gasteiger partial charge in [0, 0.05) is 24.3 Å². The maximum Gasteiger partial charge on any atom is 0.345 e. The van der Waals surface area contributed by atoms with Crippen molar-refractivity contribution in [2.75, 3.05) is 6.54 Å². The Labute approximate surface area is 173 Å². The third kappa shape index (κ3) is 6.12. The van der Waals surface area contributed by atoms with E-state index in [0.717, 1.165) is 21.1 Å². The van der Waals surface area contributed by atoms with Gasteiger partial charge in [-0.15, -0.1) is 23.2 Å². The Kier molecular flexibility index (Phi) is 7.94. The van der Waals surface area contributed by atoms with Gasteiger partial charge < -0.3 is 15.1 Å². The van der Waals surface area contributed by atoms with Gasteiger partial charge in [0.1, 0.15) is 4.88 Å². The zero-order valence-corrected chi connectivity index (χ0v) is 17.2. The average Bonchev–Trinajstić information content (AvgIpc) is 3.22. The van der Waals surface area contributed by atoms with E-state index < -0.39 is 36.4 Å². The van der Waals surface area contributed by atoms with Crippen LogP contribution in [0.5, 0.6) is 0 Å². The Hall–Kier alpha value is -2.24. The fraction of sp³-hybridized carbons (Fsp3) is 0.524. The minimum Gasteiger partial charge on any atom is -0.477 e. The van der Waals surface area contributed by atoms with Gasteiger partial charge in [-0.05, 0) is 37.8 Å². The van der Waals surface area contributed by atoms with Crippen molar-refractivity contribution in [1.29, 1.82) is 0 Å². The molecule has 8 heteroatoms. The normalized spacial score (nSPS) is 20.5. The highest BCUT2D eigenvalue weighted by Gasteiger charge is 2.52. The summed E-state index contributed by atoms with van der Waals surface area (Å²) in [5, 5.41) is 19.1. The molecule has 158 valence electrons. The second-order valence-electron chi connectivity index (χ2n) is 7.13. The Balaban J connectivity index is 1.98. The zero-order valence-electron chi connectivity index (χ0n) is 16.4. The van der Waals surface area contributed by atoms with Crippen molar-refractivity contribution in [3.63, 3.8) is 0 Å². The number of aryl methyl sites for hydroxylation is 1. The van der Waals surface area contributed by atoms with Crippen LogP contribution >= 0.6 is 11.3 Å². The average molecular weight is 425 g/mol. The fourth-order valence-electron chi connectivity index (χ4n) is 3.13. The number of likely N-dealkylation sites (tertiary alicyclic amines) is 1. The summed E-state index contributed by atoms with van der Waals surface area (Å²) in [5.74, 6) is -0.147. The van der Waals surface area contributed by atoms with Crippen LogP contribution in [0.2, 0.25) is 0 Å². The quantitative estimate of drug-likeness (QED) is 0.468. The standard InChI is InChI=1S/C21H25F2NO4S/c1-3-4-6-14(2)17(25)10-8-15-13-21(22,23)20(28)24(15)12-5-7-16-9-11-18(29-16)19(26)27/h8-11,14-15,17,25H,5-7,12-13H2,1-2H3,(H,26,27). The Morgan fingerprint density at radius 1 is 1.48 bits per heavy atom. The minimum absolute atomic E-state index is 0.136. The predicted octanol–water partition coefficient (Wildman–Crippen LogP) is 3.58. The lowest BCUT2D eigenvalue weighted by atomic mass is 10.00. The van der Waals surface area contributed by atoms with Crippen molar-refractivity contribution >= 4 is 23.2 Å². The van der Waals surface area contributed by atoms with Crippen LogP contribution in [0.25, 0.3) is 0 Å². The second-order valence-corrected chi connectivity index (χ2v) is 8.30. The molecule has 29 heavy (non-hydrogen) atoms. The molecule has 1 aromatic rings. The highest BCUT2D eigenvalue weighted by Crippen LogP contribution is 2.34. The summed E-state index contributed by atoms with van der Waals surface area (Å²) < 4.78 is 27.9. The van der Waals surface area contributed by atoms with E-state index in [4.69, 9.17) is 5.11 Å². The molecule has 3 unspecified atom stereocenters. The van der Waals surface area contributed by atoms with Gasteiger partial charge >= 0.3 is 11.9 Å².